The van der Waals surface area contributed by atoms with E-state index in [0.717, 1.165) is 13.2 Å². The normalized spacial score (nSPS) is 28.3. The second kappa shape index (κ2) is 5.28. The lowest BCUT2D eigenvalue weighted by Crippen LogP contribution is -2.34. The second-order valence-corrected chi connectivity index (χ2v) is 7.98. The van der Waals surface area contributed by atoms with Gasteiger partial charge in [0.2, 0.25) is 0 Å². The van der Waals surface area contributed by atoms with E-state index in [2.05, 4.69) is 13.1 Å². The minimum atomic E-state index is -1.70. The van der Waals surface area contributed by atoms with Crippen LogP contribution in [0.5, 0.6) is 0 Å². The van der Waals surface area contributed by atoms with Gasteiger partial charge in [0.05, 0.1) is 0 Å². The molecule has 2 aliphatic carbocycles. The van der Waals surface area contributed by atoms with Gasteiger partial charge in [-0.15, -0.1) is 0 Å². The van der Waals surface area contributed by atoms with E-state index >= 15 is 0 Å². The Balaban J connectivity index is 0.000000159. The van der Waals surface area contributed by atoms with Crippen LogP contribution in [0.15, 0.2) is 0 Å². The average Bonchev–Trinajstić information content (AvgIpc) is 2.58. The predicted octanol–water partition coefficient (Wildman–Crippen LogP) is 3.18. The summed E-state index contributed by atoms with van der Waals surface area (Å²) in [5, 5.41) is 0. The molecule has 84 valence electrons. The van der Waals surface area contributed by atoms with Gasteiger partial charge in [0, 0.05) is 13.2 Å². The molecule has 0 bridgehead atoms. The maximum Gasteiger partial charge on any atom is 0.331 e. The lowest BCUT2D eigenvalue weighted by atomic mass is 10.0. The number of hydrogen-bond acceptors (Lipinski definition) is 2. The molecular weight excluding hydrogens is 192 g/mol. The van der Waals surface area contributed by atoms with Crippen LogP contribution in [0.1, 0.15) is 33.1 Å². The highest BCUT2D eigenvalue weighted by Gasteiger charge is 2.44. The third kappa shape index (κ3) is 4.11. The van der Waals surface area contributed by atoms with Crippen molar-refractivity contribution in [2.24, 2.45) is 11.8 Å². The van der Waals surface area contributed by atoms with Crippen molar-refractivity contribution in [2.75, 3.05) is 13.2 Å². The molecule has 2 rings (SSSR count). The Morgan fingerprint density at radius 1 is 1.00 bits per heavy atom. The van der Waals surface area contributed by atoms with Crippen molar-refractivity contribution < 1.29 is 8.85 Å². The summed E-state index contributed by atoms with van der Waals surface area (Å²) in [6, 6.07) is 0. The zero-order valence-corrected chi connectivity index (χ0v) is 11.0. The molecule has 2 unspecified atom stereocenters. The molecule has 3 heteroatoms. The first-order chi connectivity index (χ1) is 6.59. The van der Waals surface area contributed by atoms with E-state index in [1.807, 2.05) is 13.8 Å². The highest BCUT2D eigenvalue weighted by molar-refractivity contribution is 6.64. The smallest absolute Gasteiger partial charge is 0.331 e. The second-order valence-electron chi connectivity index (χ2n) is 4.60. The molecule has 0 spiro atoms. The Morgan fingerprint density at radius 2 is 1.43 bits per heavy atom. The van der Waals surface area contributed by atoms with E-state index in [1.54, 1.807) is 19.3 Å². The average molecular weight is 216 g/mol. The van der Waals surface area contributed by atoms with Gasteiger partial charge in [-0.1, -0.05) is 0 Å². The van der Waals surface area contributed by atoms with Gasteiger partial charge in [-0.25, -0.2) is 0 Å². The lowest BCUT2D eigenvalue weighted by Gasteiger charge is -2.20. The van der Waals surface area contributed by atoms with Crippen molar-refractivity contribution in [3.05, 3.63) is 0 Å². The summed E-state index contributed by atoms with van der Waals surface area (Å²) in [7, 11) is -1.70. The third-order valence-electron chi connectivity index (χ3n) is 2.96. The van der Waals surface area contributed by atoms with Crippen molar-refractivity contribution in [2.45, 2.75) is 46.2 Å². The summed E-state index contributed by atoms with van der Waals surface area (Å²) >= 11 is 0. The first kappa shape index (κ1) is 12.2. The van der Waals surface area contributed by atoms with Crippen LogP contribution in [0.2, 0.25) is 13.1 Å². The van der Waals surface area contributed by atoms with Crippen LogP contribution < -0.4 is 0 Å². The van der Waals surface area contributed by atoms with Gasteiger partial charge in [0.25, 0.3) is 0 Å². The molecule has 0 aliphatic heterocycles. The largest absolute Gasteiger partial charge is 0.395 e. The van der Waals surface area contributed by atoms with E-state index in [1.165, 1.54) is 11.8 Å². The zero-order valence-electron chi connectivity index (χ0n) is 10.0. The summed E-state index contributed by atoms with van der Waals surface area (Å²) in [5.41, 5.74) is 0. The minimum absolute atomic E-state index is 0.763. The molecule has 2 saturated carbocycles. The number of rotatable bonds is 4. The predicted molar refractivity (Wildman–Crippen MR) is 61.6 cm³/mol. The van der Waals surface area contributed by atoms with Gasteiger partial charge in [0.1, 0.15) is 0 Å². The summed E-state index contributed by atoms with van der Waals surface area (Å²) < 4.78 is 10.8. The van der Waals surface area contributed by atoms with Crippen LogP contribution in [0, 0.1) is 11.8 Å². The van der Waals surface area contributed by atoms with Crippen LogP contribution in [0.25, 0.3) is 0 Å². The van der Waals surface area contributed by atoms with Gasteiger partial charge in [-0.2, -0.15) is 0 Å². The maximum absolute atomic E-state index is 5.39. The molecule has 2 atom stereocenters. The fourth-order valence-electron chi connectivity index (χ4n) is 1.92. The number of hydrogen-bond donors (Lipinski definition) is 0. The molecule has 2 nitrogen and oxygen atoms in total. The maximum atomic E-state index is 5.39. The van der Waals surface area contributed by atoms with E-state index in [4.69, 9.17) is 8.85 Å². The van der Waals surface area contributed by atoms with Crippen LogP contribution in [-0.2, 0) is 8.85 Å². The molecule has 0 radical (unpaired) electrons. The van der Waals surface area contributed by atoms with Crippen LogP contribution in [-0.4, -0.2) is 21.8 Å². The fourth-order valence-corrected chi connectivity index (χ4v) is 3.39. The summed E-state index contributed by atoms with van der Waals surface area (Å²) in [6.45, 7) is 9.62. The molecule has 2 fully saturated rings. The summed E-state index contributed by atoms with van der Waals surface area (Å²) in [6.07, 6.45) is 4.70. The highest BCUT2D eigenvalue weighted by atomic mass is 28.4. The van der Waals surface area contributed by atoms with Gasteiger partial charge < -0.3 is 8.85 Å². The Labute approximate surface area is 89.2 Å². The van der Waals surface area contributed by atoms with Crippen molar-refractivity contribution in [1.29, 1.82) is 0 Å². The fraction of sp³-hybridized carbons (Fsp3) is 1.00. The van der Waals surface area contributed by atoms with Crippen molar-refractivity contribution in [3.63, 3.8) is 0 Å². The van der Waals surface area contributed by atoms with Gasteiger partial charge in [-0.3, -0.25) is 0 Å². The molecule has 0 amide bonds. The molecule has 2 aliphatic rings. The Hall–Kier alpha value is 0.137. The molecular formula is C11H24O2Si. The first-order valence-electron chi connectivity index (χ1n) is 5.87. The third-order valence-corrected chi connectivity index (χ3v) is 4.93. The lowest BCUT2D eigenvalue weighted by molar-refractivity contribution is 0.196. The van der Waals surface area contributed by atoms with E-state index in [9.17, 15) is 0 Å². The van der Waals surface area contributed by atoms with Gasteiger partial charge >= 0.3 is 8.56 Å². The van der Waals surface area contributed by atoms with E-state index in [-0.39, 0.29) is 0 Å². The Bertz CT molecular complexity index is 151. The number of fused-ring (bicyclic) bond motifs is 1. The topological polar surface area (TPSA) is 18.5 Å². The summed E-state index contributed by atoms with van der Waals surface area (Å²) in [4.78, 5) is 0. The standard InChI is InChI=1S/C6H16O2Si.C5H8/c1-5-7-9(3,4)8-6-2;1-2-5-3-4(1)5/h5-6H2,1-4H3;4-5H,1-3H2. The molecule has 0 aromatic carbocycles. The zero-order chi connectivity index (χ0) is 10.6. The van der Waals surface area contributed by atoms with Crippen LogP contribution >= 0.6 is 0 Å². The Kier molecular flexibility index (Phi) is 4.61. The van der Waals surface area contributed by atoms with Crippen LogP contribution in [0.3, 0.4) is 0 Å². The Morgan fingerprint density at radius 3 is 1.57 bits per heavy atom. The molecule has 0 heterocycles. The molecule has 14 heavy (non-hydrogen) atoms. The van der Waals surface area contributed by atoms with Crippen LogP contribution in [0.4, 0.5) is 0 Å². The highest BCUT2D eigenvalue weighted by Crippen LogP contribution is 2.55. The quantitative estimate of drug-likeness (QED) is 0.672. The molecule has 0 N–H and O–H groups in total. The molecule has 0 aromatic rings. The van der Waals surface area contributed by atoms with Crippen molar-refractivity contribution >= 4 is 8.56 Å². The molecule has 0 aromatic heterocycles. The monoisotopic (exact) mass is 216 g/mol. The van der Waals surface area contributed by atoms with Crippen molar-refractivity contribution in [3.8, 4) is 0 Å². The van der Waals surface area contributed by atoms with Gasteiger partial charge in [-0.05, 0) is 58.0 Å². The van der Waals surface area contributed by atoms with E-state index < -0.39 is 8.56 Å². The molecule has 0 saturated heterocycles. The van der Waals surface area contributed by atoms with E-state index in [0.29, 0.717) is 0 Å². The first-order valence-corrected chi connectivity index (χ1v) is 8.68. The van der Waals surface area contributed by atoms with Gasteiger partial charge in [0.15, 0.2) is 0 Å². The van der Waals surface area contributed by atoms with Crippen molar-refractivity contribution in [1.82, 2.24) is 0 Å². The summed E-state index contributed by atoms with van der Waals surface area (Å²) in [5.74, 6) is 2.46. The SMILES string of the molecule is C1CC2CC12.CCO[Si](C)(C)OCC. The minimum Gasteiger partial charge on any atom is -0.395 e.